The summed E-state index contributed by atoms with van der Waals surface area (Å²) in [5, 5.41) is 3.49. The Balaban J connectivity index is 1.88. The molecule has 2 rings (SSSR count). The van der Waals surface area contributed by atoms with E-state index in [4.69, 9.17) is 4.74 Å². The van der Waals surface area contributed by atoms with Crippen LogP contribution >= 0.6 is 0 Å². The average molecular weight is 261 g/mol. The lowest BCUT2D eigenvalue weighted by atomic mass is 9.90. The fourth-order valence-corrected chi connectivity index (χ4v) is 3.04. The van der Waals surface area contributed by atoms with Crippen molar-refractivity contribution in [1.29, 1.82) is 0 Å². The minimum atomic E-state index is 0.375. The molecule has 0 aromatic heterocycles. The van der Waals surface area contributed by atoms with Crippen LogP contribution in [0.3, 0.4) is 0 Å². The third-order valence-electron chi connectivity index (χ3n) is 3.80. The predicted octanol–water partition coefficient (Wildman–Crippen LogP) is 3.65. The number of ether oxygens (including phenoxy) is 1. The summed E-state index contributed by atoms with van der Waals surface area (Å²) in [5.41, 5.74) is 1.37. The maximum Gasteiger partial charge on any atom is 0.123 e. The van der Waals surface area contributed by atoms with E-state index < -0.39 is 0 Å². The summed E-state index contributed by atoms with van der Waals surface area (Å²) in [4.78, 5) is 0. The van der Waals surface area contributed by atoms with Gasteiger partial charge in [-0.15, -0.1) is 0 Å². The van der Waals surface area contributed by atoms with Crippen LogP contribution in [0.1, 0.15) is 39.2 Å². The Morgan fingerprint density at radius 3 is 2.79 bits per heavy atom. The Morgan fingerprint density at radius 2 is 2.11 bits per heavy atom. The van der Waals surface area contributed by atoms with Gasteiger partial charge in [-0.3, -0.25) is 0 Å². The number of hydrogen-bond acceptors (Lipinski definition) is 2. The molecule has 0 bridgehead atoms. The van der Waals surface area contributed by atoms with Crippen molar-refractivity contribution in [2.45, 2.75) is 46.1 Å². The van der Waals surface area contributed by atoms with Crippen LogP contribution in [0.2, 0.25) is 0 Å². The summed E-state index contributed by atoms with van der Waals surface area (Å²) in [6.07, 6.45) is 3.90. The van der Waals surface area contributed by atoms with Gasteiger partial charge < -0.3 is 10.1 Å². The zero-order valence-corrected chi connectivity index (χ0v) is 12.5. The van der Waals surface area contributed by atoms with Crippen LogP contribution in [0.15, 0.2) is 24.3 Å². The van der Waals surface area contributed by atoms with Crippen LogP contribution in [-0.4, -0.2) is 19.2 Å². The number of fused-ring (bicyclic) bond motifs is 1. The van der Waals surface area contributed by atoms with Crippen LogP contribution in [-0.2, 0) is 6.42 Å². The topological polar surface area (TPSA) is 21.3 Å². The summed E-state index contributed by atoms with van der Waals surface area (Å²) in [6.45, 7) is 8.96. The lowest BCUT2D eigenvalue weighted by Gasteiger charge is -2.22. The molecule has 0 radical (unpaired) electrons. The number of rotatable bonds is 7. The Kier molecular flexibility index (Phi) is 5.26. The van der Waals surface area contributed by atoms with Crippen molar-refractivity contribution in [3.63, 3.8) is 0 Å². The normalized spacial score (nSPS) is 19.3. The van der Waals surface area contributed by atoms with E-state index in [1.165, 1.54) is 18.4 Å². The van der Waals surface area contributed by atoms with Gasteiger partial charge >= 0.3 is 0 Å². The summed E-state index contributed by atoms with van der Waals surface area (Å²) in [7, 11) is 0. The first-order valence-electron chi connectivity index (χ1n) is 7.64. The van der Waals surface area contributed by atoms with Gasteiger partial charge in [-0.05, 0) is 49.4 Å². The Morgan fingerprint density at radius 1 is 1.32 bits per heavy atom. The molecule has 2 atom stereocenters. The van der Waals surface area contributed by atoms with Crippen molar-refractivity contribution in [2.24, 2.45) is 11.8 Å². The van der Waals surface area contributed by atoms with Gasteiger partial charge in [-0.1, -0.05) is 39.0 Å². The molecule has 0 fully saturated rings. The van der Waals surface area contributed by atoms with Gasteiger partial charge in [0.25, 0.3) is 0 Å². The third kappa shape index (κ3) is 4.24. The Labute approximate surface area is 117 Å². The lowest BCUT2D eigenvalue weighted by molar-refractivity contribution is 0.182. The van der Waals surface area contributed by atoms with Gasteiger partial charge in [0.05, 0.1) is 0 Å². The largest absolute Gasteiger partial charge is 0.490 e. The zero-order valence-electron chi connectivity index (χ0n) is 12.5. The van der Waals surface area contributed by atoms with Gasteiger partial charge in [-0.25, -0.2) is 0 Å². The molecule has 0 aliphatic carbocycles. The molecule has 1 aromatic carbocycles. The van der Waals surface area contributed by atoms with Gasteiger partial charge in [0.15, 0.2) is 0 Å². The molecule has 106 valence electrons. The van der Waals surface area contributed by atoms with Crippen molar-refractivity contribution in [2.75, 3.05) is 13.1 Å². The molecule has 0 amide bonds. The summed E-state index contributed by atoms with van der Waals surface area (Å²) in [5.74, 6) is 2.57. The first kappa shape index (κ1) is 14.4. The van der Waals surface area contributed by atoms with Crippen LogP contribution in [0.4, 0.5) is 0 Å². The number of para-hydroxylation sites is 1. The monoisotopic (exact) mass is 261 g/mol. The second-order valence-corrected chi connectivity index (χ2v) is 6.09. The quantitative estimate of drug-likeness (QED) is 0.809. The average Bonchev–Trinajstić information content (AvgIpc) is 2.77. The van der Waals surface area contributed by atoms with E-state index in [9.17, 15) is 0 Å². The Hall–Kier alpha value is -1.02. The molecule has 1 aliphatic heterocycles. The molecule has 2 nitrogen and oxygen atoms in total. The highest BCUT2D eigenvalue weighted by Gasteiger charge is 2.25. The fraction of sp³-hybridized carbons (Fsp3) is 0.647. The van der Waals surface area contributed by atoms with Crippen LogP contribution in [0.25, 0.3) is 0 Å². The van der Waals surface area contributed by atoms with Crippen molar-refractivity contribution < 1.29 is 4.74 Å². The zero-order chi connectivity index (χ0) is 13.7. The highest BCUT2D eigenvalue weighted by molar-refractivity contribution is 5.37. The van der Waals surface area contributed by atoms with Gasteiger partial charge in [0.2, 0.25) is 0 Å². The van der Waals surface area contributed by atoms with E-state index in [2.05, 4.69) is 50.4 Å². The summed E-state index contributed by atoms with van der Waals surface area (Å²) in [6, 6.07) is 8.45. The fourth-order valence-electron chi connectivity index (χ4n) is 3.04. The SMILES string of the molecule is CCNCC(CC(C)C)CC1Cc2ccccc2O1. The minimum absolute atomic E-state index is 0.375. The minimum Gasteiger partial charge on any atom is -0.490 e. The first-order valence-corrected chi connectivity index (χ1v) is 7.64. The smallest absolute Gasteiger partial charge is 0.123 e. The van der Waals surface area contributed by atoms with Gasteiger partial charge in [-0.2, -0.15) is 0 Å². The Bertz CT molecular complexity index is 364. The summed E-state index contributed by atoms with van der Waals surface area (Å²) >= 11 is 0. The van der Waals surface area contributed by atoms with Gasteiger partial charge in [0.1, 0.15) is 11.9 Å². The standard InChI is InChI=1S/C17H27NO/c1-4-18-12-14(9-13(2)3)10-16-11-15-7-5-6-8-17(15)19-16/h5-8,13-14,16,18H,4,9-12H2,1-3H3. The van der Waals surface area contributed by atoms with E-state index >= 15 is 0 Å². The van der Waals surface area contributed by atoms with Crippen LogP contribution in [0.5, 0.6) is 5.75 Å². The van der Waals surface area contributed by atoms with Crippen LogP contribution in [0, 0.1) is 11.8 Å². The molecule has 19 heavy (non-hydrogen) atoms. The second-order valence-electron chi connectivity index (χ2n) is 6.09. The third-order valence-corrected chi connectivity index (χ3v) is 3.80. The lowest BCUT2D eigenvalue weighted by Crippen LogP contribution is -2.28. The molecule has 1 heterocycles. The van der Waals surface area contributed by atoms with Crippen molar-refractivity contribution in [3.05, 3.63) is 29.8 Å². The molecule has 2 unspecified atom stereocenters. The first-order chi connectivity index (χ1) is 9.19. The van der Waals surface area contributed by atoms with E-state index in [0.717, 1.165) is 37.1 Å². The molecule has 0 saturated heterocycles. The van der Waals surface area contributed by atoms with E-state index in [0.29, 0.717) is 6.10 Å². The number of nitrogens with one attached hydrogen (secondary N) is 1. The molecule has 0 spiro atoms. The number of benzene rings is 1. The van der Waals surface area contributed by atoms with Crippen molar-refractivity contribution in [1.82, 2.24) is 5.32 Å². The van der Waals surface area contributed by atoms with E-state index in [1.54, 1.807) is 0 Å². The molecule has 1 aromatic rings. The molecular weight excluding hydrogens is 234 g/mol. The molecule has 1 N–H and O–H groups in total. The molecule has 0 saturated carbocycles. The number of hydrogen-bond donors (Lipinski definition) is 1. The van der Waals surface area contributed by atoms with Gasteiger partial charge in [0, 0.05) is 6.42 Å². The predicted molar refractivity (Wildman–Crippen MR) is 80.7 cm³/mol. The highest BCUT2D eigenvalue weighted by Crippen LogP contribution is 2.31. The maximum absolute atomic E-state index is 6.07. The van der Waals surface area contributed by atoms with Crippen LogP contribution < -0.4 is 10.1 Å². The summed E-state index contributed by atoms with van der Waals surface area (Å²) < 4.78 is 6.07. The molecular formula is C17H27NO. The van der Waals surface area contributed by atoms with E-state index in [1.807, 2.05) is 0 Å². The van der Waals surface area contributed by atoms with Crippen molar-refractivity contribution in [3.8, 4) is 5.75 Å². The van der Waals surface area contributed by atoms with E-state index in [-0.39, 0.29) is 0 Å². The second kappa shape index (κ2) is 6.95. The molecule has 2 heteroatoms. The maximum atomic E-state index is 6.07. The molecule has 1 aliphatic rings. The highest BCUT2D eigenvalue weighted by atomic mass is 16.5. The van der Waals surface area contributed by atoms with Crippen molar-refractivity contribution >= 4 is 0 Å².